The van der Waals surface area contributed by atoms with Gasteiger partial charge in [-0.15, -0.1) is 0 Å². The summed E-state index contributed by atoms with van der Waals surface area (Å²) >= 11 is 9.56. The van der Waals surface area contributed by atoms with E-state index >= 15 is 0 Å². The van der Waals surface area contributed by atoms with E-state index in [0.29, 0.717) is 11.4 Å². The van der Waals surface area contributed by atoms with Crippen LogP contribution in [0.1, 0.15) is 18.1 Å². The molecule has 2 aromatic carbocycles. The van der Waals surface area contributed by atoms with E-state index in [2.05, 4.69) is 20.8 Å². The molecule has 0 spiro atoms. The Balaban J connectivity index is 2.39. The topological polar surface area (TPSA) is 4.36 Å². The van der Waals surface area contributed by atoms with Gasteiger partial charge in [0.1, 0.15) is 0 Å². The monoisotopic (exact) mass is 333 g/mol. The van der Waals surface area contributed by atoms with Crippen molar-refractivity contribution in [1.29, 1.82) is 0 Å². The number of rotatable bonds is 3. The number of hydrogen-bond donors (Lipinski definition) is 0. The van der Waals surface area contributed by atoms with Crippen molar-refractivity contribution in [2.75, 3.05) is 0 Å². The first-order valence-corrected chi connectivity index (χ1v) is 7.10. The van der Waals surface area contributed by atoms with Crippen LogP contribution < -0.4 is 0 Å². The molecule has 19 heavy (non-hydrogen) atoms. The van der Waals surface area contributed by atoms with Gasteiger partial charge in [0.25, 0.3) is 5.54 Å². The highest BCUT2D eigenvalue weighted by atomic mass is 79.9. The zero-order valence-corrected chi connectivity index (χ0v) is 12.9. The molecule has 0 N–H and O–H groups in total. The molecule has 0 aromatic heterocycles. The molecule has 0 aliphatic carbocycles. The SMILES string of the molecule is [C-]#[N+]C(C)(Cc1cc(Cl)ccc1Br)c1ccccc1. The summed E-state index contributed by atoms with van der Waals surface area (Å²) in [6, 6.07) is 15.6. The summed E-state index contributed by atoms with van der Waals surface area (Å²) in [5, 5.41) is 0.693. The van der Waals surface area contributed by atoms with E-state index in [1.165, 1.54) is 0 Å². The van der Waals surface area contributed by atoms with Crippen molar-refractivity contribution in [1.82, 2.24) is 0 Å². The molecular formula is C16H13BrClN. The smallest absolute Gasteiger partial charge is 0.258 e. The summed E-state index contributed by atoms with van der Waals surface area (Å²) in [7, 11) is 0. The lowest BCUT2D eigenvalue weighted by Crippen LogP contribution is -2.20. The van der Waals surface area contributed by atoms with Gasteiger partial charge in [-0.25, -0.2) is 6.57 Å². The van der Waals surface area contributed by atoms with Crippen molar-refractivity contribution in [2.24, 2.45) is 0 Å². The Labute approximate surface area is 127 Å². The second-order valence-corrected chi connectivity index (χ2v) is 5.95. The van der Waals surface area contributed by atoms with Crippen LogP contribution >= 0.6 is 27.5 Å². The third-order valence-electron chi connectivity index (χ3n) is 3.18. The van der Waals surface area contributed by atoms with Crippen molar-refractivity contribution in [2.45, 2.75) is 18.9 Å². The van der Waals surface area contributed by atoms with Crippen molar-refractivity contribution in [3.05, 3.63) is 80.6 Å². The van der Waals surface area contributed by atoms with Gasteiger partial charge in [0.2, 0.25) is 0 Å². The zero-order chi connectivity index (χ0) is 13.9. The van der Waals surface area contributed by atoms with Crippen LogP contribution in [0.4, 0.5) is 0 Å². The molecule has 0 saturated carbocycles. The minimum Gasteiger partial charge on any atom is -0.305 e. The minimum absolute atomic E-state index is 0.575. The first kappa shape index (κ1) is 14.1. The summed E-state index contributed by atoms with van der Waals surface area (Å²) in [5.74, 6) is 0. The van der Waals surface area contributed by atoms with Crippen molar-refractivity contribution in [3.8, 4) is 0 Å². The van der Waals surface area contributed by atoms with Gasteiger partial charge in [0.05, 0.1) is 6.42 Å². The minimum atomic E-state index is -0.575. The Kier molecular flexibility index (Phi) is 4.29. The quantitative estimate of drug-likeness (QED) is 0.655. The molecule has 0 radical (unpaired) electrons. The fourth-order valence-corrected chi connectivity index (χ4v) is 2.63. The highest BCUT2D eigenvalue weighted by Gasteiger charge is 2.33. The molecule has 3 heteroatoms. The molecule has 2 rings (SSSR count). The molecule has 0 aliphatic heterocycles. The van der Waals surface area contributed by atoms with Crippen LogP contribution in [0, 0.1) is 6.57 Å². The number of nitrogens with zero attached hydrogens (tertiary/aromatic N) is 1. The molecule has 0 heterocycles. The maximum atomic E-state index is 7.54. The third kappa shape index (κ3) is 3.18. The van der Waals surface area contributed by atoms with Crippen molar-refractivity contribution >= 4 is 27.5 Å². The molecule has 1 nitrogen and oxygen atoms in total. The molecule has 1 unspecified atom stereocenters. The van der Waals surface area contributed by atoms with Gasteiger partial charge in [-0.05, 0) is 23.8 Å². The second-order valence-electron chi connectivity index (χ2n) is 4.66. The average molecular weight is 335 g/mol. The lowest BCUT2D eigenvalue weighted by atomic mass is 9.86. The number of benzene rings is 2. The van der Waals surface area contributed by atoms with E-state index < -0.39 is 5.54 Å². The van der Waals surface area contributed by atoms with Crippen LogP contribution in [0.2, 0.25) is 5.02 Å². The Morgan fingerprint density at radius 3 is 2.53 bits per heavy atom. The highest BCUT2D eigenvalue weighted by Crippen LogP contribution is 2.33. The van der Waals surface area contributed by atoms with Gasteiger partial charge in [-0.2, -0.15) is 0 Å². The highest BCUT2D eigenvalue weighted by molar-refractivity contribution is 9.10. The number of hydrogen-bond acceptors (Lipinski definition) is 0. The summed E-state index contributed by atoms with van der Waals surface area (Å²) < 4.78 is 0.989. The van der Waals surface area contributed by atoms with Gasteiger partial charge in [-0.1, -0.05) is 57.9 Å². The zero-order valence-electron chi connectivity index (χ0n) is 10.5. The molecule has 0 saturated heterocycles. The average Bonchev–Trinajstić information content (AvgIpc) is 2.44. The van der Waals surface area contributed by atoms with Crippen molar-refractivity contribution < 1.29 is 0 Å². The lowest BCUT2D eigenvalue weighted by Gasteiger charge is -2.18. The van der Waals surface area contributed by atoms with Crippen LogP contribution in [0.3, 0.4) is 0 Å². The van der Waals surface area contributed by atoms with E-state index in [4.69, 9.17) is 18.2 Å². The molecular weight excluding hydrogens is 322 g/mol. The maximum Gasteiger partial charge on any atom is 0.258 e. The summed E-state index contributed by atoms with van der Waals surface area (Å²) in [5.41, 5.74) is 1.50. The van der Waals surface area contributed by atoms with Gasteiger partial charge >= 0.3 is 0 Å². The van der Waals surface area contributed by atoms with Crippen LogP contribution in [0.5, 0.6) is 0 Å². The molecule has 2 aromatic rings. The van der Waals surface area contributed by atoms with Gasteiger partial charge in [0, 0.05) is 22.0 Å². The first-order valence-electron chi connectivity index (χ1n) is 5.93. The Morgan fingerprint density at radius 1 is 1.21 bits per heavy atom. The standard InChI is InChI=1S/C16H13BrClN/c1-16(19-2,13-6-4-3-5-7-13)11-12-10-14(18)8-9-15(12)17/h3-10H,11H2,1H3. The summed E-state index contributed by atoms with van der Waals surface area (Å²) in [6.45, 7) is 9.51. The fraction of sp³-hybridized carbons (Fsp3) is 0.188. The first-order chi connectivity index (χ1) is 9.05. The molecule has 0 amide bonds. The van der Waals surface area contributed by atoms with E-state index in [0.717, 1.165) is 15.6 Å². The Hall–Kier alpha value is -1.30. The predicted octanol–water partition coefficient (Wildman–Crippen LogP) is 5.48. The summed E-state index contributed by atoms with van der Waals surface area (Å²) in [4.78, 5) is 3.84. The van der Waals surface area contributed by atoms with E-state index in [9.17, 15) is 0 Å². The van der Waals surface area contributed by atoms with Gasteiger partial charge in [-0.3, -0.25) is 0 Å². The van der Waals surface area contributed by atoms with Gasteiger partial charge in [0.15, 0.2) is 0 Å². The van der Waals surface area contributed by atoms with E-state index in [1.54, 1.807) is 0 Å². The van der Waals surface area contributed by atoms with E-state index in [-0.39, 0.29) is 0 Å². The fourth-order valence-electron chi connectivity index (χ4n) is 2.05. The van der Waals surface area contributed by atoms with Crippen molar-refractivity contribution in [3.63, 3.8) is 0 Å². The maximum absolute atomic E-state index is 7.54. The normalized spacial score (nSPS) is 13.6. The summed E-state index contributed by atoms with van der Waals surface area (Å²) in [6.07, 6.45) is 0.627. The van der Waals surface area contributed by atoms with E-state index in [1.807, 2.05) is 55.5 Å². The predicted molar refractivity (Wildman–Crippen MR) is 83.3 cm³/mol. The molecule has 96 valence electrons. The lowest BCUT2D eigenvalue weighted by molar-refractivity contribution is 0.584. The Morgan fingerprint density at radius 2 is 1.89 bits per heavy atom. The van der Waals surface area contributed by atoms with Crippen LogP contribution in [-0.2, 0) is 12.0 Å². The molecule has 0 aliphatic rings. The Bertz CT molecular complexity index is 618. The van der Waals surface area contributed by atoms with Crippen LogP contribution in [-0.4, -0.2) is 0 Å². The number of halogens is 2. The molecule has 0 bridgehead atoms. The second kappa shape index (κ2) is 5.77. The molecule has 0 fully saturated rings. The van der Waals surface area contributed by atoms with Crippen LogP contribution in [0.25, 0.3) is 4.85 Å². The van der Waals surface area contributed by atoms with Crippen LogP contribution in [0.15, 0.2) is 53.0 Å². The van der Waals surface area contributed by atoms with Gasteiger partial charge < -0.3 is 4.85 Å². The molecule has 1 atom stereocenters. The third-order valence-corrected chi connectivity index (χ3v) is 4.19. The largest absolute Gasteiger partial charge is 0.305 e.